The lowest BCUT2D eigenvalue weighted by atomic mass is 10.1. The SMILES string of the molecule is CC(C)c1cc(N)n2nc(OC3CC3)nc2n1. The lowest BCUT2D eigenvalue weighted by Gasteiger charge is -2.05. The lowest BCUT2D eigenvalue weighted by molar-refractivity contribution is 0.279. The van der Waals surface area contributed by atoms with E-state index in [4.69, 9.17) is 10.5 Å². The predicted octanol–water partition coefficient (Wildman–Crippen LogP) is 1.37. The van der Waals surface area contributed by atoms with Gasteiger partial charge in [0.2, 0.25) is 0 Å². The molecule has 2 aromatic rings. The number of rotatable bonds is 3. The van der Waals surface area contributed by atoms with Crippen LogP contribution in [0.2, 0.25) is 0 Å². The first kappa shape index (κ1) is 10.3. The smallest absolute Gasteiger partial charge is 0.338 e. The third-order valence-electron chi connectivity index (χ3n) is 2.73. The minimum absolute atomic E-state index is 0.276. The van der Waals surface area contributed by atoms with Crippen LogP contribution in [0.3, 0.4) is 0 Å². The highest BCUT2D eigenvalue weighted by Gasteiger charge is 2.25. The Kier molecular flexibility index (Phi) is 2.17. The second-order valence-electron chi connectivity index (χ2n) is 4.68. The molecule has 0 radical (unpaired) electrons. The maximum absolute atomic E-state index is 5.92. The van der Waals surface area contributed by atoms with Gasteiger partial charge in [0.1, 0.15) is 11.9 Å². The second kappa shape index (κ2) is 3.58. The summed E-state index contributed by atoms with van der Waals surface area (Å²) in [7, 11) is 0. The molecule has 1 aliphatic carbocycles. The van der Waals surface area contributed by atoms with E-state index in [1.54, 1.807) is 0 Å². The van der Waals surface area contributed by atoms with Crippen LogP contribution < -0.4 is 10.5 Å². The monoisotopic (exact) mass is 233 g/mol. The summed E-state index contributed by atoms with van der Waals surface area (Å²) in [5.74, 6) is 1.35. The molecule has 0 unspecified atom stereocenters. The van der Waals surface area contributed by atoms with Crippen LogP contribution in [-0.4, -0.2) is 25.7 Å². The van der Waals surface area contributed by atoms with Gasteiger partial charge in [0.05, 0.1) is 5.69 Å². The van der Waals surface area contributed by atoms with Crippen LogP contribution in [0.15, 0.2) is 6.07 Å². The zero-order valence-corrected chi connectivity index (χ0v) is 9.92. The molecule has 6 nitrogen and oxygen atoms in total. The number of nitrogens with zero attached hydrogens (tertiary/aromatic N) is 4. The second-order valence-corrected chi connectivity index (χ2v) is 4.68. The van der Waals surface area contributed by atoms with Gasteiger partial charge < -0.3 is 10.5 Å². The molecule has 0 atom stereocenters. The van der Waals surface area contributed by atoms with E-state index in [1.807, 2.05) is 6.07 Å². The molecule has 1 aliphatic rings. The maximum Gasteiger partial charge on any atom is 0.338 e. The summed E-state index contributed by atoms with van der Waals surface area (Å²) in [6.07, 6.45) is 2.43. The van der Waals surface area contributed by atoms with Crippen LogP contribution in [-0.2, 0) is 0 Å². The summed E-state index contributed by atoms with van der Waals surface area (Å²) in [4.78, 5) is 8.65. The number of anilines is 1. The quantitative estimate of drug-likeness (QED) is 0.866. The van der Waals surface area contributed by atoms with E-state index in [0.717, 1.165) is 18.5 Å². The van der Waals surface area contributed by atoms with E-state index in [0.29, 0.717) is 23.5 Å². The molecule has 0 amide bonds. The summed E-state index contributed by atoms with van der Waals surface area (Å²) in [6.45, 7) is 4.13. The van der Waals surface area contributed by atoms with Crippen molar-refractivity contribution in [1.82, 2.24) is 19.6 Å². The normalized spacial score (nSPS) is 15.7. The Bertz CT molecular complexity index is 558. The van der Waals surface area contributed by atoms with E-state index >= 15 is 0 Å². The van der Waals surface area contributed by atoms with E-state index in [9.17, 15) is 0 Å². The maximum atomic E-state index is 5.92. The number of ether oxygens (including phenoxy) is 1. The Labute approximate surface area is 98.8 Å². The highest BCUT2D eigenvalue weighted by molar-refractivity contribution is 5.43. The van der Waals surface area contributed by atoms with Crippen molar-refractivity contribution in [2.75, 3.05) is 5.73 Å². The van der Waals surface area contributed by atoms with Crippen molar-refractivity contribution >= 4 is 11.6 Å². The fourth-order valence-electron chi connectivity index (χ4n) is 1.57. The van der Waals surface area contributed by atoms with Crippen molar-refractivity contribution in [3.05, 3.63) is 11.8 Å². The van der Waals surface area contributed by atoms with Crippen molar-refractivity contribution < 1.29 is 4.74 Å². The van der Waals surface area contributed by atoms with Gasteiger partial charge >= 0.3 is 6.01 Å². The summed E-state index contributed by atoms with van der Waals surface area (Å²) < 4.78 is 7.04. The van der Waals surface area contributed by atoms with Crippen molar-refractivity contribution in [2.24, 2.45) is 0 Å². The Morgan fingerprint density at radius 1 is 1.41 bits per heavy atom. The molecule has 2 aromatic heterocycles. The molecule has 0 saturated heterocycles. The first-order valence-corrected chi connectivity index (χ1v) is 5.83. The number of nitrogens with two attached hydrogens (primary N) is 1. The molecular formula is C11H15N5O. The zero-order chi connectivity index (χ0) is 12.0. The van der Waals surface area contributed by atoms with Gasteiger partial charge in [0, 0.05) is 6.07 Å². The molecule has 2 N–H and O–H groups in total. The molecule has 0 spiro atoms. The fourth-order valence-corrected chi connectivity index (χ4v) is 1.57. The highest BCUT2D eigenvalue weighted by Crippen LogP contribution is 2.25. The molecule has 1 saturated carbocycles. The Morgan fingerprint density at radius 2 is 2.18 bits per heavy atom. The van der Waals surface area contributed by atoms with Crippen LogP contribution in [0.4, 0.5) is 5.82 Å². The summed E-state index contributed by atoms with van der Waals surface area (Å²) in [6, 6.07) is 2.19. The van der Waals surface area contributed by atoms with Crippen molar-refractivity contribution in [3.63, 3.8) is 0 Å². The molecule has 0 bridgehead atoms. The number of fused-ring (bicyclic) bond motifs is 1. The van der Waals surface area contributed by atoms with Gasteiger partial charge in [0.25, 0.3) is 5.78 Å². The zero-order valence-electron chi connectivity index (χ0n) is 9.92. The average Bonchev–Trinajstić information content (AvgIpc) is 2.96. The van der Waals surface area contributed by atoms with Crippen molar-refractivity contribution in [3.8, 4) is 6.01 Å². The van der Waals surface area contributed by atoms with Crippen molar-refractivity contribution in [2.45, 2.75) is 38.7 Å². The van der Waals surface area contributed by atoms with E-state index in [1.165, 1.54) is 4.52 Å². The molecule has 6 heteroatoms. The molecule has 0 aromatic carbocycles. The lowest BCUT2D eigenvalue weighted by Crippen LogP contribution is -2.04. The summed E-state index contributed by atoms with van der Waals surface area (Å²) in [5.41, 5.74) is 6.84. The minimum atomic E-state index is 0.276. The van der Waals surface area contributed by atoms with Crippen molar-refractivity contribution in [1.29, 1.82) is 0 Å². The van der Waals surface area contributed by atoms with Crippen LogP contribution in [0.25, 0.3) is 5.78 Å². The van der Waals surface area contributed by atoms with E-state index in [2.05, 4.69) is 28.9 Å². The number of hydrogen-bond donors (Lipinski definition) is 1. The topological polar surface area (TPSA) is 78.3 Å². The van der Waals surface area contributed by atoms with Gasteiger partial charge in [-0.15, -0.1) is 5.10 Å². The predicted molar refractivity (Wildman–Crippen MR) is 62.9 cm³/mol. The molecule has 1 fully saturated rings. The van der Waals surface area contributed by atoms with Gasteiger partial charge in [0.15, 0.2) is 0 Å². The van der Waals surface area contributed by atoms with Gasteiger partial charge in [-0.05, 0) is 18.8 Å². The highest BCUT2D eigenvalue weighted by atomic mass is 16.5. The van der Waals surface area contributed by atoms with Gasteiger partial charge in [-0.3, -0.25) is 0 Å². The van der Waals surface area contributed by atoms with Gasteiger partial charge in [-0.1, -0.05) is 13.8 Å². The summed E-state index contributed by atoms with van der Waals surface area (Å²) in [5, 5.41) is 4.19. The Morgan fingerprint density at radius 3 is 2.82 bits per heavy atom. The molecule has 17 heavy (non-hydrogen) atoms. The third-order valence-corrected chi connectivity index (χ3v) is 2.73. The largest absolute Gasteiger partial charge is 0.459 e. The van der Waals surface area contributed by atoms with E-state index < -0.39 is 0 Å². The minimum Gasteiger partial charge on any atom is -0.459 e. The van der Waals surface area contributed by atoms with Crippen LogP contribution in [0.1, 0.15) is 38.3 Å². The standard InChI is InChI=1S/C11H15N5O/c1-6(2)8-5-9(12)16-10(13-8)14-11(15-16)17-7-3-4-7/h5-7H,3-4,12H2,1-2H3. The summed E-state index contributed by atoms with van der Waals surface area (Å²) >= 11 is 0. The first-order chi connectivity index (χ1) is 8.13. The molecule has 3 rings (SSSR count). The Balaban J connectivity index is 2.04. The van der Waals surface area contributed by atoms with Crippen LogP contribution in [0.5, 0.6) is 6.01 Å². The van der Waals surface area contributed by atoms with E-state index in [-0.39, 0.29) is 6.10 Å². The number of aromatic nitrogens is 4. The molecule has 90 valence electrons. The Hall–Kier alpha value is -1.85. The van der Waals surface area contributed by atoms with Crippen LogP contribution >= 0.6 is 0 Å². The van der Waals surface area contributed by atoms with Gasteiger partial charge in [-0.25, -0.2) is 4.98 Å². The average molecular weight is 233 g/mol. The number of nitrogen functional groups attached to an aromatic ring is 1. The molecular weight excluding hydrogens is 218 g/mol. The molecule has 0 aliphatic heterocycles. The molecule has 2 heterocycles. The van der Waals surface area contributed by atoms with Crippen LogP contribution in [0, 0.1) is 0 Å². The fraction of sp³-hybridized carbons (Fsp3) is 0.545. The third kappa shape index (κ3) is 1.90. The first-order valence-electron chi connectivity index (χ1n) is 5.83. The number of hydrogen-bond acceptors (Lipinski definition) is 5. The van der Waals surface area contributed by atoms with Gasteiger partial charge in [-0.2, -0.15) is 9.50 Å².